The zero-order chi connectivity index (χ0) is 16.2. The maximum Gasteiger partial charge on any atom is 0.147 e. The van der Waals surface area contributed by atoms with E-state index in [2.05, 4.69) is 26.9 Å². The fraction of sp³-hybridized carbons (Fsp3) is 0.294. The number of piperazine rings is 1. The van der Waals surface area contributed by atoms with Gasteiger partial charge in [0.15, 0.2) is 0 Å². The second kappa shape index (κ2) is 6.76. The molecule has 0 amide bonds. The molecule has 23 heavy (non-hydrogen) atoms. The lowest BCUT2D eigenvalue weighted by Crippen LogP contribution is -2.47. The molecule has 0 atom stereocenters. The monoisotopic (exact) mass is 328 g/mol. The van der Waals surface area contributed by atoms with Crippen LogP contribution in [0.4, 0.5) is 11.5 Å². The number of methoxy groups -OCH3 is 1. The average Bonchev–Trinajstić information content (AvgIpc) is 2.62. The molecule has 0 radical (unpaired) electrons. The zero-order valence-corrected chi connectivity index (χ0v) is 13.6. The maximum atomic E-state index is 8.89. The van der Waals surface area contributed by atoms with Crippen LogP contribution in [0, 0.1) is 11.3 Å². The molecule has 5 nitrogen and oxygen atoms in total. The second-order valence-corrected chi connectivity index (χ2v) is 5.72. The highest BCUT2D eigenvalue weighted by Crippen LogP contribution is 2.27. The van der Waals surface area contributed by atoms with Crippen molar-refractivity contribution in [3.05, 3.63) is 47.1 Å². The van der Waals surface area contributed by atoms with Gasteiger partial charge in [0.05, 0.1) is 17.7 Å². The van der Waals surface area contributed by atoms with Crippen LogP contribution in [-0.4, -0.2) is 38.3 Å². The number of hydrogen-bond acceptors (Lipinski definition) is 5. The lowest BCUT2D eigenvalue weighted by Gasteiger charge is -2.37. The highest BCUT2D eigenvalue weighted by molar-refractivity contribution is 6.33. The quantitative estimate of drug-likeness (QED) is 0.867. The van der Waals surface area contributed by atoms with Crippen molar-refractivity contribution in [2.24, 2.45) is 0 Å². The van der Waals surface area contributed by atoms with Gasteiger partial charge >= 0.3 is 0 Å². The lowest BCUT2D eigenvalue weighted by atomic mass is 10.2. The molecule has 1 fully saturated rings. The summed E-state index contributed by atoms with van der Waals surface area (Å²) in [6, 6.07) is 11.8. The summed E-state index contributed by atoms with van der Waals surface area (Å²) in [6.07, 6.45) is 1.57. The Morgan fingerprint density at radius 3 is 2.57 bits per heavy atom. The Morgan fingerprint density at radius 2 is 1.91 bits per heavy atom. The van der Waals surface area contributed by atoms with E-state index in [0.717, 1.165) is 43.4 Å². The molecule has 1 aromatic carbocycles. The highest BCUT2D eigenvalue weighted by atomic mass is 35.5. The molecule has 0 spiro atoms. The third kappa shape index (κ3) is 3.33. The van der Waals surface area contributed by atoms with Crippen molar-refractivity contribution in [1.82, 2.24) is 4.98 Å². The first-order valence-electron chi connectivity index (χ1n) is 7.41. The Hall–Kier alpha value is -2.45. The van der Waals surface area contributed by atoms with E-state index in [-0.39, 0.29) is 0 Å². The van der Waals surface area contributed by atoms with Crippen LogP contribution < -0.4 is 14.5 Å². The number of anilines is 2. The van der Waals surface area contributed by atoms with Crippen molar-refractivity contribution in [1.29, 1.82) is 5.26 Å². The van der Waals surface area contributed by atoms with E-state index < -0.39 is 0 Å². The molecule has 1 aliphatic heterocycles. The van der Waals surface area contributed by atoms with Gasteiger partial charge in [-0.05, 0) is 18.2 Å². The number of rotatable bonds is 3. The summed E-state index contributed by atoms with van der Waals surface area (Å²) >= 11 is 6.25. The van der Waals surface area contributed by atoms with E-state index in [1.807, 2.05) is 18.2 Å². The van der Waals surface area contributed by atoms with E-state index >= 15 is 0 Å². The number of nitrogens with zero attached hydrogens (tertiary/aromatic N) is 4. The SMILES string of the molecule is COc1cccc(N2CCN(c3ncc(C#N)cc3Cl)CC2)c1. The van der Waals surface area contributed by atoms with Gasteiger partial charge in [0.2, 0.25) is 0 Å². The van der Waals surface area contributed by atoms with Gasteiger partial charge in [0.25, 0.3) is 0 Å². The van der Waals surface area contributed by atoms with E-state index in [0.29, 0.717) is 10.6 Å². The minimum atomic E-state index is 0.480. The van der Waals surface area contributed by atoms with E-state index in [1.54, 1.807) is 19.4 Å². The van der Waals surface area contributed by atoms with Crippen LogP contribution in [0.15, 0.2) is 36.5 Å². The third-order valence-corrected chi connectivity index (χ3v) is 4.23. The topological polar surface area (TPSA) is 52.4 Å². The molecule has 3 rings (SSSR count). The molecular formula is C17H17ClN4O. The van der Waals surface area contributed by atoms with Crippen molar-refractivity contribution >= 4 is 23.1 Å². The second-order valence-electron chi connectivity index (χ2n) is 5.32. The summed E-state index contributed by atoms with van der Waals surface area (Å²) in [4.78, 5) is 8.80. The van der Waals surface area contributed by atoms with Crippen molar-refractivity contribution in [2.75, 3.05) is 43.1 Å². The van der Waals surface area contributed by atoms with Gasteiger partial charge in [0, 0.05) is 44.1 Å². The van der Waals surface area contributed by atoms with Crippen molar-refractivity contribution < 1.29 is 4.74 Å². The van der Waals surface area contributed by atoms with Crippen molar-refractivity contribution in [3.8, 4) is 11.8 Å². The molecule has 0 saturated carbocycles. The van der Waals surface area contributed by atoms with Gasteiger partial charge in [0.1, 0.15) is 17.6 Å². The number of nitriles is 1. The maximum absolute atomic E-state index is 8.89. The Balaban J connectivity index is 1.70. The third-order valence-electron chi connectivity index (χ3n) is 3.95. The number of halogens is 1. The van der Waals surface area contributed by atoms with Crippen LogP contribution in [0.2, 0.25) is 5.02 Å². The van der Waals surface area contributed by atoms with E-state index in [1.165, 1.54) is 0 Å². The zero-order valence-electron chi connectivity index (χ0n) is 12.9. The largest absolute Gasteiger partial charge is 0.497 e. The predicted octanol–water partition coefficient (Wildman–Crippen LogP) is 2.94. The van der Waals surface area contributed by atoms with Crippen LogP contribution in [0.3, 0.4) is 0 Å². The van der Waals surface area contributed by atoms with Crippen LogP contribution >= 0.6 is 11.6 Å². The molecule has 1 aliphatic rings. The molecule has 0 unspecified atom stereocenters. The van der Waals surface area contributed by atoms with Crippen molar-refractivity contribution in [3.63, 3.8) is 0 Å². The van der Waals surface area contributed by atoms with Gasteiger partial charge in [-0.3, -0.25) is 0 Å². The minimum absolute atomic E-state index is 0.480. The van der Waals surface area contributed by atoms with E-state index in [9.17, 15) is 0 Å². The summed E-state index contributed by atoms with van der Waals surface area (Å²) in [5.74, 6) is 1.61. The first kappa shape index (κ1) is 15.4. The normalized spacial score (nSPS) is 14.5. The first-order chi connectivity index (χ1) is 11.2. The fourth-order valence-corrected chi connectivity index (χ4v) is 2.99. The van der Waals surface area contributed by atoms with Gasteiger partial charge < -0.3 is 14.5 Å². The molecular weight excluding hydrogens is 312 g/mol. The van der Waals surface area contributed by atoms with Crippen LogP contribution in [0.25, 0.3) is 0 Å². The molecule has 0 N–H and O–H groups in total. The van der Waals surface area contributed by atoms with Gasteiger partial charge in [-0.25, -0.2) is 4.98 Å². The van der Waals surface area contributed by atoms with Crippen LogP contribution in [0.5, 0.6) is 5.75 Å². The molecule has 1 saturated heterocycles. The standard InChI is InChI=1S/C17H17ClN4O/c1-23-15-4-2-3-14(10-15)21-5-7-22(8-6-21)17-16(18)9-13(11-19)12-20-17/h2-4,9-10,12H,5-8H2,1H3. The summed E-state index contributed by atoms with van der Waals surface area (Å²) in [5.41, 5.74) is 1.64. The van der Waals surface area contributed by atoms with Crippen molar-refractivity contribution in [2.45, 2.75) is 0 Å². The molecule has 1 aromatic heterocycles. The van der Waals surface area contributed by atoms with Gasteiger partial charge in [-0.15, -0.1) is 0 Å². The molecule has 2 heterocycles. The Kier molecular flexibility index (Phi) is 4.54. The molecule has 0 bridgehead atoms. The molecule has 2 aromatic rings. The number of benzene rings is 1. The first-order valence-corrected chi connectivity index (χ1v) is 7.78. The number of pyridine rings is 1. The predicted molar refractivity (Wildman–Crippen MR) is 91.4 cm³/mol. The summed E-state index contributed by atoms with van der Waals surface area (Å²) in [7, 11) is 1.68. The van der Waals surface area contributed by atoms with Crippen LogP contribution in [-0.2, 0) is 0 Å². The number of ether oxygens (including phenoxy) is 1. The van der Waals surface area contributed by atoms with E-state index in [4.69, 9.17) is 21.6 Å². The Morgan fingerprint density at radius 1 is 1.17 bits per heavy atom. The lowest BCUT2D eigenvalue weighted by molar-refractivity contribution is 0.414. The molecule has 6 heteroatoms. The summed E-state index contributed by atoms with van der Waals surface area (Å²) < 4.78 is 5.28. The minimum Gasteiger partial charge on any atom is -0.497 e. The Labute approximate surface area is 140 Å². The Bertz CT molecular complexity index is 736. The number of hydrogen-bond donors (Lipinski definition) is 0. The molecule has 118 valence electrons. The highest BCUT2D eigenvalue weighted by Gasteiger charge is 2.20. The van der Waals surface area contributed by atoms with Crippen LogP contribution in [0.1, 0.15) is 5.56 Å². The van der Waals surface area contributed by atoms with Gasteiger partial charge in [-0.2, -0.15) is 5.26 Å². The van der Waals surface area contributed by atoms with Gasteiger partial charge in [-0.1, -0.05) is 17.7 Å². The smallest absolute Gasteiger partial charge is 0.147 e. The summed E-state index contributed by atoms with van der Waals surface area (Å²) in [5, 5.41) is 9.41. The summed E-state index contributed by atoms with van der Waals surface area (Å²) in [6.45, 7) is 3.42. The molecule has 0 aliphatic carbocycles. The fourth-order valence-electron chi connectivity index (χ4n) is 2.71. The average molecular weight is 329 g/mol. The number of aromatic nitrogens is 1.